The van der Waals surface area contributed by atoms with E-state index in [0.717, 1.165) is 10.8 Å². The predicted molar refractivity (Wildman–Crippen MR) is 119 cm³/mol. The van der Waals surface area contributed by atoms with Crippen LogP contribution in [-0.2, 0) is 19.0 Å². The van der Waals surface area contributed by atoms with Gasteiger partial charge in [-0.25, -0.2) is 9.59 Å². The number of carbonyl (C=O) groups excluding carboxylic acids is 2. The molecule has 0 bridgehead atoms. The number of rotatable bonds is 11. The van der Waals surface area contributed by atoms with Crippen LogP contribution in [0.2, 0.25) is 0 Å². The number of hydrogen-bond donors (Lipinski definition) is 1. The Hall–Kier alpha value is -2.90. The van der Waals surface area contributed by atoms with E-state index in [2.05, 4.69) is 11.9 Å². The molecule has 0 heterocycles. The van der Waals surface area contributed by atoms with E-state index in [1.807, 2.05) is 50.2 Å². The number of nitrogens with one attached hydrogen (secondary N) is 1. The smallest absolute Gasteiger partial charge is 0.412 e. The molecular weight excluding hydrogens is 398 g/mol. The van der Waals surface area contributed by atoms with Crippen LogP contribution in [0.15, 0.2) is 54.6 Å². The van der Waals surface area contributed by atoms with E-state index in [1.54, 1.807) is 19.9 Å². The van der Waals surface area contributed by atoms with E-state index < -0.39 is 12.1 Å². The Balaban J connectivity index is 1.64. The number of fused-ring (bicyclic) bond motifs is 1. The largest absolute Gasteiger partial charge is 0.457 e. The predicted octanol–water partition coefficient (Wildman–Crippen LogP) is 4.25. The van der Waals surface area contributed by atoms with Gasteiger partial charge in [-0.1, -0.05) is 36.9 Å². The zero-order valence-electron chi connectivity index (χ0n) is 18.6. The van der Waals surface area contributed by atoms with Crippen molar-refractivity contribution in [3.8, 4) is 5.75 Å². The Morgan fingerprint density at radius 3 is 2.29 bits per heavy atom. The molecule has 3 unspecified atom stereocenters. The molecule has 168 valence electrons. The number of benzene rings is 2. The minimum atomic E-state index is -0.539. The fourth-order valence-corrected chi connectivity index (χ4v) is 2.63. The quantitative estimate of drug-likeness (QED) is 0.425. The van der Waals surface area contributed by atoms with Crippen LogP contribution in [-0.4, -0.2) is 50.1 Å². The van der Waals surface area contributed by atoms with Crippen molar-refractivity contribution in [2.24, 2.45) is 0 Å². The maximum Gasteiger partial charge on any atom is 0.412 e. The van der Waals surface area contributed by atoms with Gasteiger partial charge in [0.1, 0.15) is 11.9 Å². The van der Waals surface area contributed by atoms with Gasteiger partial charge in [0.25, 0.3) is 0 Å². The number of amides is 1. The molecule has 0 radical (unpaired) electrons. The second kappa shape index (κ2) is 12.1. The second-order valence-electron chi connectivity index (χ2n) is 7.56. The summed E-state index contributed by atoms with van der Waals surface area (Å²) in [4.78, 5) is 23.5. The fourth-order valence-electron chi connectivity index (χ4n) is 2.63. The normalized spacial score (nSPS) is 13.8. The van der Waals surface area contributed by atoms with E-state index in [0.29, 0.717) is 24.5 Å². The van der Waals surface area contributed by atoms with Gasteiger partial charge in [0.05, 0.1) is 25.4 Å². The number of hydrogen-bond acceptors (Lipinski definition) is 6. The molecule has 0 aliphatic rings. The third-order valence-electron chi connectivity index (χ3n) is 4.35. The second-order valence-corrected chi connectivity index (χ2v) is 7.56. The van der Waals surface area contributed by atoms with Crippen LogP contribution < -0.4 is 10.1 Å². The minimum Gasteiger partial charge on any atom is -0.457 e. The van der Waals surface area contributed by atoms with E-state index in [1.165, 1.54) is 0 Å². The molecule has 31 heavy (non-hydrogen) atoms. The summed E-state index contributed by atoms with van der Waals surface area (Å²) in [5.41, 5.74) is 0.351. The zero-order chi connectivity index (χ0) is 22.8. The molecule has 2 aromatic rings. The summed E-state index contributed by atoms with van der Waals surface area (Å²) in [6.45, 7) is 11.5. The molecule has 1 amide bonds. The first-order valence-corrected chi connectivity index (χ1v) is 10.3. The topological polar surface area (TPSA) is 83.1 Å². The van der Waals surface area contributed by atoms with Crippen LogP contribution in [0.5, 0.6) is 5.75 Å². The minimum absolute atomic E-state index is 0.196. The lowest BCUT2D eigenvalue weighted by atomic mass is 10.1. The van der Waals surface area contributed by atoms with Crippen molar-refractivity contribution in [1.82, 2.24) is 5.32 Å². The molecule has 7 heteroatoms. The third-order valence-corrected chi connectivity index (χ3v) is 4.35. The number of ether oxygens (including phenoxy) is 4. The Morgan fingerprint density at radius 1 is 0.935 bits per heavy atom. The highest BCUT2D eigenvalue weighted by Gasteiger charge is 2.14. The summed E-state index contributed by atoms with van der Waals surface area (Å²) in [6.07, 6.45) is -1.34. The van der Waals surface area contributed by atoms with Crippen LogP contribution in [0.4, 0.5) is 4.79 Å². The number of carbonyl (C=O) groups is 2. The van der Waals surface area contributed by atoms with E-state index in [4.69, 9.17) is 18.9 Å². The average Bonchev–Trinajstić information content (AvgIpc) is 2.74. The van der Waals surface area contributed by atoms with Crippen molar-refractivity contribution >= 4 is 22.8 Å². The summed E-state index contributed by atoms with van der Waals surface area (Å²) >= 11 is 0. The van der Waals surface area contributed by atoms with Gasteiger partial charge in [0.2, 0.25) is 0 Å². The van der Waals surface area contributed by atoms with E-state index in [-0.39, 0.29) is 24.9 Å². The van der Waals surface area contributed by atoms with Crippen LogP contribution >= 0.6 is 0 Å². The molecule has 0 saturated carbocycles. The Labute approximate surface area is 183 Å². The first kappa shape index (κ1) is 24.4. The summed E-state index contributed by atoms with van der Waals surface area (Å²) in [5, 5.41) is 4.77. The van der Waals surface area contributed by atoms with Gasteiger partial charge >= 0.3 is 12.1 Å². The van der Waals surface area contributed by atoms with Crippen molar-refractivity contribution in [2.45, 2.75) is 46.0 Å². The summed E-state index contributed by atoms with van der Waals surface area (Å²) < 4.78 is 21.8. The lowest BCUT2D eigenvalue weighted by molar-refractivity contribution is -0.148. The van der Waals surface area contributed by atoms with Crippen molar-refractivity contribution in [1.29, 1.82) is 0 Å². The van der Waals surface area contributed by atoms with Gasteiger partial charge in [0.15, 0.2) is 0 Å². The lowest BCUT2D eigenvalue weighted by Gasteiger charge is -2.20. The van der Waals surface area contributed by atoms with Crippen molar-refractivity contribution in [2.75, 3.05) is 19.8 Å². The lowest BCUT2D eigenvalue weighted by Crippen LogP contribution is -2.35. The first-order valence-electron chi connectivity index (χ1n) is 10.3. The van der Waals surface area contributed by atoms with Gasteiger partial charge in [-0.2, -0.15) is 0 Å². The van der Waals surface area contributed by atoms with Gasteiger partial charge in [0, 0.05) is 12.1 Å². The monoisotopic (exact) mass is 429 g/mol. The summed E-state index contributed by atoms with van der Waals surface area (Å²) in [6, 6.07) is 13.3. The Kier molecular flexibility index (Phi) is 9.49. The molecular formula is C24H31NO6. The molecule has 7 nitrogen and oxygen atoms in total. The zero-order valence-corrected chi connectivity index (χ0v) is 18.6. The molecule has 0 aromatic heterocycles. The van der Waals surface area contributed by atoms with Crippen LogP contribution in [0.3, 0.4) is 0 Å². The number of esters is 1. The standard InChI is InChI=1S/C24H31NO6/c1-16(2)23(26)30-19(5)15-29-18(4)14-28-17(3)13-25-24(27)31-22-11-10-20-8-6-7-9-21(20)12-22/h6-12,17-19H,1,13-15H2,2-5H3,(H,25,27). The molecule has 2 aromatic carbocycles. The molecule has 1 N–H and O–H groups in total. The van der Waals surface area contributed by atoms with Gasteiger partial charge in [-0.05, 0) is 50.6 Å². The van der Waals surface area contributed by atoms with Gasteiger partial charge in [-0.3, -0.25) is 0 Å². The van der Waals surface area contributed by atoms with Crippen molar-refractivity contribution in [3.63, 3.8) is 0 Å². The maximum atomic E-state index is 12.0. The maximum absolute atomic E-state index is 12.0. The van der Waals surface area contributed by atoms with Crippen molar-refractivity contribution in [3.05, 3.63) is 54.6 Å². The summed E-state index contributed by atoms with van der Waals surface area (Å²) in [5.74, 6) is 0.0449. The van der Waals surface area contributed by atoms with Crippen LogP contribution in [0.25, 0.3) is 10.8 Å². The SMILES string of the molecule is C=C(C)C(=O)OC(C)COC(C)COC(C)CNC(=O)Oc1ccc2ccccc2c1. The van der Waals surface area contributed by atoms with E-state index >= 15 is 0 Å². The first-order chi connectivity index (χ1) is 14.7. The Bertz CT molecular complexity index is 897. The van der Waals surface area contributed by atoms with Gasteiger partial charge < -0.3 is 24.3 Å². The molecule has 2 rings (SSSR count). The molecule has 0 saturated heterocycles. The molecule has 0 spiro atoms. The molecule has 0 aliphatic heterocycles. The fraction of sp³-hybridized carbons (Fsp3) is 0.417. The molecule has 0 fully saturated rings. The van der Waals surface area contributed by atoms with Crippen LogP contribution in [0.1, 0.15) is 27.7 Å². The van der Waals surface area contributed by atoms with Crippen LogP contribution in [0, 0.1) is 0 Å². The molecule has 3 atom stereocenters. The van der Waals surface area contributed by atoms with Crippen molar-refractivity contribution < 1.29 is 28.5 Å². The van der Waals surface area contributed by atoms with E-state index in [9.17, 15) is 9.59 Å². The Morgan fingerprint density at radius 2 is 1.58 bits per heavy atom. The highest BCUT2D eigenvalue weighted by Crippen LogP contribution is 2.20. The average molecular weight is 430 g/mol. The highest BCUT2D eigenvalue weighted by molar-refractivity contribution is 5.87. The third kappa shape index (κ3) is 8.78. The summed E-state index contributed by atoms with van der Waals surface area (Å²) in [7, 11) is 0. The molecule has 0 aliphatic carbocycles. The van der Waals surface area contributed by atoms with Gasteiger partial charge in [-0.15, -0.1) is 0 Å². The highest BCUT2D eigenvalue weighted by atomic mass is 16.6.